The minimum absolute atomic E-state index is 0.0602. The summed E-state index contributed by atoms with van der Waals surface area (Å²) in [4.78, 5) is 70.3. The number of fused-ring (bicyclic) bond motifs is 6. The van der Waals surface area contributed by atoms with Crippen molar-refractivity contribution in [2.45, 2.75) is 83.8 Å². The number of carboxylic acid groups (broad SMARTS) is 1. The molecule has 3 aliphatic heterocycles. The van der Waals surface area contributed by atoms with E-state index < -0.39 is 30.2 Å². The number of alkyl carbamates (subject to hydrolysis) is 1. The van der Waals surface area contributed by atoms with Crippen molar-refractivity contribution in [2.24, 2.45) is 17.8 Å². The first-order valence-corrected chi connectivity index (χ1v) is 21.0. The summed E-state index contributed by atoms with van der Waals surface area (Å²) < 4.78 is 16.7. The molecular formula is C45H54N8O8. The number of likely N-dealkylation sites (tertiary alicyclic amines) is 2. The molecule has 0 spiro atoms. The molecule has 3 aliphatic rings. The summed E-state index contributed by atoms with van der Waals surface area (Å²) in [5.41, 5.74) is 6.60. The quantitative estimate of drug-likeness (QED) is 0.0802. The lowest BCUT2D eigenvalue weighted by atomic mass is 9.92. The monoisotopic (exact) mass is 834 g/mol. The number of nitrogens with zero attached hydrogens (tertiary/aromatic N) is 4. The number of aldehydes is 1. The van der Waals surface area contributed by atoms with Gasteiger partial charge in [0, 0.05) is 49.0 Å². The third-order valence-electron chi connectivity index (χ3n) is 12.8. The molecule has 0 bridgehead atoms. The lowest BCUT2D eigenvalue weighted by Crippen LogP contribution is -2.51. The van der Waals surface area contributed by atoms with Crippen LogP contribution in [0.5, 0.6) is 5.75 Å². The number of hydrogen-bond donors (Lipinski definition) is 5. The smallest absolute Gasteiger partial charge is 0.407 e. The van der Waals surface area contributed by atoms with Crippen LogP contribution in [-0.4, -0.2) is 111 Å². The SMILES string of the molecule is COC[C@H]1C[C@@H](c2ncc(-c3ccc4c(c3)COc3cc5c(ccc6nc([C@@H]7CC[C@H](C)N7C[C@@H](NC(=O)O)C(C)C=O)[nH]c65)cc3-4)[nH]2)N(C(=O)[C@@H](NC(=O)OC)C(C)C)C1. The lowest BCUT2D eigenvalue weighted by molar-refractivity contribution is -0.135. The number of methoxy groups -OCH3 is 2. The standard InChI is InChI=1S/C45H54N8O8/c1-23(2)39(51-45(58)60-6)43(55)53-18-26(21-59-5)13-37(53)41-46-17-34(48-41)28-8-10-30-29(14-28)22-61-38-16-31-27(15-32(30)38)9-11-33-40(31)50-42(47-33)36-12-7-25(4)52(36)19-35(24(3)20-54)49-44(56)57/h8-11,14-17,20,23-26,35-37,39,49H,7,12-13,18-19,21-22H2,1-6H3,(H,46,48)(H,47,50)(H,51,58)(H,56,57)/t24?,25-,26-,35+,36-,37-,39-/m0/s1. The molecule has 5 N–H and O–H groups in total. The van der Waals surface area contributed by atoms with E-state index in [1.165, 1.54) is 7.11 Å². The Hall–Kier alpha value is -6.00. The van der Waals surface area contributed by atoms with Crippen LogP contribution in [0.4, 0.5) is 9.59 Å². The van der Waals surface area contributed by atoms with Gasteiger partial charge in [-0.2, -0.15) is 0 Å². The Morgan fingerprint density at radius 2 is 1.84 bits per heavy atom. The van der Waals surface area contributed by atoms with Crippen molar-refractivity contribution in [3.8, 4) is 28.1 Å². The number of ether oxygens (including phenoxy) is 3. The highest BCUT2D eigenvalue weighted by molar-refractivity contribution is 6.07. The van der Waals surface area contributed by atoms with Crippen molar-refractivity contribution in [2.75, 3.05) is 33.9 Å². The van der Waals surface area contributed by atoms with E-state index in [-0.39, 0.29) is 35.9 Å². The molecule has 2 saturated heterocycles. The van der Waals surface area contributed by atoms with Crippen molar-refractivity contribution in [1.82, 2.24) is 40.4 Å². The van der Waals surface area contributed by atoms with Crippen molar-refractivity contribution in [1.29, 1.82) is 0 Å². The van der Waals surface area contributed by atoms with Crippen LogP contribution in [0.1, 0.15) is 76.3 Å². The van der Waals surface area contributed by atoms with E-state index >= 15 is 0 Å². The van der Waals surface area contributed by atoms with Crippen LogP contribution in [0, 0.1) is 17.8 Å². The van der Waals surface area contributed by atoms with Crippen molar-refractivity contribution in [3.05, 3.63) is 65.9 Å². The number of imidazole rings is 2. The Balaban J connectivity index is 1.04. The Morgan fingerprint density at radius 1 is 1.02 bits per heavy atom. The predicted molar refractivity (Wildman–Crippen MR) is 228 cm³/mol. The highest BCUT2D eigenvalue weighted by atomic mass is 16.5. The second-order valence-corrected chi connectivity index (χ2v) is 17.1. The summed E-state index contributed by atoms with van der Waals surface area (Å²) in [7, 11) is 2.94. The summed E-state index contributed by atoms with van der Waals surface area (Å²) >= 11 is 0. The van der Waals surface area contributed by atoms with E-state index in [2.05, 4.69) is 68.8 Å². The molecule has 7 atom stereocenters. The first-order chi connectivity index (χ1) is 29.4. The topological polar surface area (TPSA) is 204 Å². The summed E-state index contributed by atoms with van der Waals surface area (Å²) in [6, 6.07) is 13.1. The van der Waals surface area contributed by atoms with Gasteiger partial charge in [0.15, 0.2) is 0 Å². The fraction of sp³-hybridized carbons (Fsp3) is 0.467. The maximum Gasteiger partial charge on any atom is 0.407 e. The third kappa shape index (κ3) is 8.13. The van der Waals surface area contributed by atoms with Gasteiger partial charge in [0.25, 0.3) is 0 Å². The van der Waals surface area contributed by atoms with Crippen LogP contribution in [0.25, 0.3) is 44.2 Å². The molecule has 0 saturated carbocycles. The fourth-order valence-electron chi connectivity index (χ4n) is 9.41. The van der Waals surface area contributed by atoms with Crippen molar-refractivity contribution >= 4 is 46.2 Å². The van der Waals surface area contributed by atoms with Crippen molar-refractivity contribution in [3.63, 3.8) is 0 Å². The van der Waals surface area contributed by atoms with Gasteiger partial charge in [0.1, 0.15) is 36.3 Å². The molecular weight excluding hydrogens is 781 g/mol. The maximum absolute atomic E-state index is 13.9. The number of hydrogen-bond acceptors (Lipinski definition) is 10. The molecule has 2 aromatic heterocycles. The van der Waals surface area contributed by atoms with Crippen molar-refractivity contribution < 1.29 is 38.5 Å². The van der Waals surface area contributed by atoms with Gasteiger partial charge < -0.3 is 49.6 Å². The minimum atomic E-state index is -1.15. The molecule has 3 aromatic carbocycles. The van der Waals surface area contributed by atoms with Crippen LogP contribution in [-0.2, 0) is 25.7 Å². The number of aromatic amines is 2. The van der Waals surface area contributed by atoms with Gasteiger partial charge >= 0.3 is 12.2 Å². The van der Waals surface area contributed by atoms with E-state index in [1.807, 2.05) is 19.9 Å². The first kappa shape index (κ1) is 41.7. The average molecular weight is 835 g/mol. The van der Waals surface area contributed by atoms with Gasteiger partial charge in [0.05, 0.1) is 54.8 Å². The highest BCUT2D eigenvalue weighted by Gasteiger charge is 2.42. The molecule has 3 amide bonds. The number of rotatable bonds is 13. The largest absolute Gasteiger partial charge is 0.488 e. The lowest BCUT2D eigenvalue weighted by Gasteiger charge is -2.32. The predicted octanol–water partition coefficient (Wildman–Crippen LogP) is 6.58. The molecule has 16 heteroatoms. The van der Waals surface area contributed by atoms with E-state index in [0.717, 1.165) is 80.5 Å². The molecule has 16 nitrogen and oxygen atoms in total. The average Bonchev–Trinajstić information content (AvgIpc) is 4.07. The minimum Gasteiger partial charge on any atom is -0.488 e. The van der Waals surface area contributed by atoms with Crippen LogP contribution < -0.4 is 15.4 Å². The van der Waals surface area contributed by atoms with E-state index in [4.69, 9.17) is 24.2 Å². The maximum atomic E-state index is 13.9. The number of amides is 3. The molecule has 5 heterocycles. The van der Waals surface area contributed by atoms with Gasteiger partial charge in [-0.15, -0.1) is 0 Å². The van der Waals surface area contributed by atoms with Crippen LogP contribution in [0.2, 0.25) is 0 Å². The summed E-state index contributed by atoms with van der Waals surface area (Å²) in [5.74, 6) is 1.54. The normalized spacial score (nSPS) is 21.5. The number of benzene rings is 3. The molecule has 322 valence electrons. The van der Waals surface area contributed by atoms with E-state index in [1.54, 1.807) is 25.1 Å². The van der Waals surface area contributed by atoms with Crippen LogP contribution >= 0.6 is 0 Å². The Labute approximate surface area is 353 Å². The van der Waals surface area contributed by atoms with Gasteiger partial charge in [-0.25, -0.2) is 19.6 Å². The summed E-state index contributed by atoms with van der Waals surface area (Å²) in [5, 5.41) is 16.8. The molecule has 61 heavy (non-hydrogen) atoms. The first-order valence-electron chi connectivity index (χ1n) is 21.0. The van der Waals surface area contributed by atoms with Gasteiger partial charge in [-0.05, 0) is 78.4 Å². The van der Waals surface area contributed by atoms with Gasteiger partial charge in [0.2, 0.25) is 5.91 Å². The second-order valence-electron chi connectivity index (χ2n) is 17.1. The zero-order chi connectivity index (χ0) is 43.1. The molecule has 2 fully saturated rings. The molecule has 0 aliphatic carbocycles. The number of nitrogens with one attached hydrogen (secondary N) is 4. The Bertz CT molecular complexity index is 2460. The molecule has 0 radical (unpaired) electrons. The number of carbonyl (C=O) groups excluding carboxylic acids is 3. The fourth-order valence-corrected chi connectivity index (χ4v) is 9.41. The number of H-pyrrole nitrogens is 2. The van der Waals surface area contributed by atoms with Crippen LogP contribution in [0.3, 0.4) is 0 Å². The third-order valence-corrected chi connectivity index (χ3v) is 12.8. The Morgan fingerprint density at radius 3 is 2.57 bits per heavy atom. The summed E-state index contributed by atoms with van der Waals surface area (Å²) in [6.45, 7) is 9.39. The van der Waals surface area contributed by atoms with E-state index in [9.17, 15) is 24.3 Å². The Kier molecular flexibility index (Phi) is 11.7. The second kappa shape index (κ2) is 17.2. The number of aromatic nitrogens is 4. The zero-order valence-electron chi connectivity index (χ0n) is 35.4. The van der Waals surface area contributed by atoms with Crippen LogP contribution in [0.15, 0.2) is 48.7 Å². The molecule has 5 aromatic rings. The molecule has 1 unspecified atom stereocenters. The zero-order valence-corrected chi connectivity index (χ0v) is 35.4. The highest BCUT2D eigenvalue weighted by Crippen LogP contribution is 2.44. The van der Waals surface area contributed by atoms with Gasteiger partial charge in [-0.1, -0.05) is 39.0 Å². The number of carbonyl (C=O) groups is 4. The van der Waals surface area contributed by atoms with E-state index in [0.29, 0.717) is 38.5 Å². The molecule has 8 rings (SSSR count). The van der Waals surface area contributed by atoms with Gasteiger partial charge in [-0.3, -0.25) is 9.69 Å². The summed E-state index contributed by atoms with van der Waals surface area (Å²) in [6.07, 6.45) is 3.24.